The Morgan fingerprint density at radius 3 is 2.64 bits per heavy atom. The molecule has 1 aromatic heterocycles. The van der Waals surface area contributed by atoms with Crippen LogP contribution in [0.15, 0.2) is 36.4 Å². The Morgan fingerprint density at radius 1 is 1.28 bits per heavy atom. The van der Waals surface area contributed by atoms with Crippen LogP contribution in [-0.2, 0) is 5.41 Å². The number of rotatable bonds is 6. The molecule has 134 valence electrons. The molecule has 2 aromatic rings. The van der Waals surface area contributed by atoms with Crippen LogP contribution in [0, 0.1) is 0 Å². The maximum absolute atomic E-state index is 12.6. The Hall–Kier alpha value is -1.85. The van der Waals surface area contributed by atoms with E-state index in [1.54, 1.807) is 37.5 Å². The van der Waals surface area contributed by atoms with Crippen LogP contribution < -0.4 is 10.1 Å². The van der Waals surface area contributed by atoms with Gasteiger partial charge in [0.25, 0.3) is 5.91 Å². The molecule has 5 heteroatoms. The molecule has 1 unspecified atom stereocenters. The van der Waals surface area contributed by atoms with Crippen LogP contribution in [0.1, 0.15) is 58.8 Å². The zero-order chi connectivity index (χ0) is 17.9. The van der Waals surface area contributed by atoms with E-state index < -0.39 is 6.10 Å². The number of aliphatic hydroxyl groups is 1. The molecule has 25 heavy (non-hydrogen) atoms. The third kappa shape index (κ3) is 3.72. The van der Waals surface area contributed by atoms with Gasteiger partial charge in [-0.05, 0) is 44.0 Å². The highest BCUT2D eigenvalue weighted by atomic mass is 32.1. The summed E-state index contributed by atoms with van der Waals surface area (Å²) in [6.07, 6.45) is 4.04. The van der Waals surface area contributed by atoms with Crippen molar-refractivity contribution in [2.75, 3.05) is 13.7 Å². The number of carbonyl (C=O) groups excluding carboxylic acids is 1. The first kappa shape index (κ1) is 18.0. The lowest BCUT2D eigenvalue weighted by Crippen LogP contribution is -2.38. The van der Waals surface area contributed by atoms with Crippen molar-refractivity contribution in [2.24, 2.45) is 0 Å². The molecule has 0 radical (unpaired) electrons. The number of benzene rings is 1. The van der Waals surface area contributed by atoms with Crippen LogP contribution in [-0.4, -0.2) is 24.7 Å². The Labute approximate surface area is 152 Å². The number of ether oxygens (including phenoxy) is 1. The molecule has 1 saturated carbocycles. The second-order valence-corrected chi connectivity index (χ2v) is 7.86. The molecule has 1 atom stereocenters. The predicted molar refractivity (Wildman–Crippen MR) is 100 cm³/mol. The highest BCUT2D eigenvalue weighted by Crippen LogP contribution is 2.44. The van der Waals surface area contributed by atoms with E-state index >= 15 is 0 Å². The fraction of sp³-hybridized carbons (Fsp3) is 0.450. The maximum atomic E-state index is 12.6. The van der Waals surface area contributed by atoms with Crippen molar-refractivity contribution in [2.45, 2.75) is 44.1 Å². The molecule has 4 nitrogen and oxygen atoms in total. The number of hydrogen-bond donors (Lipinski definition) is 2. The number of nitrogens with one attached hydrogen (secondary N) is 1. The molecule has 1 aromatic carbocycles. The summed E-state index contributed by atoms with van der Waals surface area (Å²) < 4.78 is 5.29. The number of methoxy groups -OCH3 is 1. The Morgan fingerprint density at radius 2 is 2.00 bits per heavy atom. The molecule has 1 heterocycles. The van der Waals surface area contributed by atoms with Gasteiger partial charge in [-0.1, -0.05) is 25.0 Å². The van der Waals surface area contributed by atoms with E-state index in [9.17, 15) is 9.90 Å². The Balaban J connectivity index is 1.77. The molecule has 0 bridgehead atoms. The van der Waals surface area contributed by atoms with Crippen LogP contribution in [0.3, 0.4) is 0 Å². The van der Waals surface area contributed by atoms with E-state index in [1.807, 2.05) is 18.2 Å². The van der Waals surface area contributed by atoms with Gasteiger partial charge in [0, 0.05) is 21.7 Å². The van der Waals surface area contributed by atoms with Gasteiger partial charge in [0.05, 0.1) is 18.8 Å². The fourth-order valence-electron chi connectivity index (χ4n) is 3.60. The molecule has 0 saturated heterocycles. The number of aliphatic hydroxyl groups excluding tert-OH is 1. The van der Waals surface area contributed by atoms with Crippen molar-refractivity contribution in [3.63, 3.8) is 0 Å². The van der Waals surface area contributed by atoms with E-state index in [-0.39, 0.29) is 11.3 Å². The van der Waals surface area contributed by atoms with Gasteiger partial charge in [0.1, 0.15) is 5.75 Å². The number of hydrogen-bond acceptors (Lipinski definition) is 4. The summed E-state index contributed by atoms with van der Waals surface area (Å²) in [6, 6.07) is 11.4. The lowest BCUT2D eigenvalue weighted by Gasteiger charge is -2.28. The summed E-state index contributed by atoms with van der Waals surface area (Å²) in [5.41, 5.74) is 0.546. The third-order valence-electron chi connectivity index (χ3n) is 5.06. The lowest BCUT2D eigenvalue weighted by molar-refractivity contribution is 0.0940. The van der Waals surface area contributed by atoms with Gasteiger partial charge in [0.2, 0.25) is 0 Å². The lowest BCUT2D eigenvalue weighted by atomic mass is 9.84. The standard InChI is InChI=1S/C20H25NO3S/c1-14(22)17-9-10-18(25-17)20(11-5-6-12-20)13-21-19(23)15-7-3-4-8-16(15)24-2/h3-4,7-10,14,22H,5-6,11-13H2,1-2H3,(H,21,23). The number of thiophene rings is 1. The van der Waals surface area contributed by atoms with Gasteiger partial charge in [-0.15, -0.1) is 11.3 Å². The summed E-state index contributed by atoms with van der Waals surface area (Å²) >= 11 is 1.67. The number of amides is 1. The van der Waals surface area contributed by atoms with Crippen LogP contribution in [0.5, 0.6) is 5.75 Å². The van der Waals surface area contributed by atoms with E-state index in [0.29, 0.717) is 17.9 Å². The summed E-state index contributed by atoms with van der Waals surface area (Å²) in [7, 11) is 1.58. The fourth-order valence-corrected chi connectivity index (χ4v) is 4.79. The highest BCUT2D eigenvalue weighted by Gasteiger charge is 2.37. The van der Waals surface area contributed by atoms with E-state index in [1.165, 1.54) is 17.7 Å². The zero-order valence-corrected chi connectivity index (χ0v) is 15.6. The van der Waals surface area contributed by atoms with Crippen LogP contribution in [0.25, 0.3) is 0 Å². The average molecular weight is 359 g/mol. The van der Waals surface area contributed by atoms with E-state index in [4.69, 9.17) is 4.74 Å². The van der Waals surface area contributed by atoms with Crippen molar-refractivity contribution in [1.82, 2.24) is 5.32 Å². The molecular formula is C20H25NO3S. The van der Waals surface area contributed by atoms with Gasteiger partial charge < -0.3 is 15.2 Å². The van der Waals surface area contributed by atoms with E-state index in [0.717, 1.165) is 17.7 Å². The molecule has 1 amide bonds. The average Bonchev–Trinajstić information content (AvgIpc) is 3.29. The second kappa shape index (κ2) is 7.58. The number of para-hydroxylation sites is 1. The normalized spacial score (nSPS) is 17.2. The van der Waals surface area contributed by atoms with Gasteiger partial charge in [-0.2, -0.15) is 0 Å². The first-order chi connectivity index (χ1) is 12.1. The number of carbonyl (C=O) groups is 1. The SMILES string of the molecule is COc1ccccc1C(=O)NCC1(c2ccc(C(C)O)s2)CCCC1. The van der Waals surface area contributed by atoms with Crippen LogP contribution in [0.4, 0.5) is 0 Å². The minimum Gasteiger partial charge on any atom is -0.496 e. The third-order valence-corrected chi connectivity index (χ3v) is 6.56. The van der Waals surface area contributed by atoms with Crippen molar-refractivity contribution >= 4 is 17.2 Å². The predicted octanol–water partition coefficient (Wildman–Crippen LogP) is 4.05. The highest BCUT2D eigenvalue weighted by molar-refractivity contribution is 7.12. The monoisotopic (exact) mass is 359 g/mol. The molecular weight excluding hydrogens is 334 g/mol. The summed E-state index contributed by atoms with van der Waals surface area (Å²) in [6.45, 7) is 2.41. The smallest absolute Gasteiger partial charge is 0.255 e. The van der Waals surface area contributed by atoms with Gasteiger partial charge in [-0.25, -0.2) is 0 Å². The molecule has 3 rings (SSSR count). The minimum absolute atomic E-state index is 0.0184. The summed E-state index contributed by atoms with van der Waals surface area (Å²) in [5.74, 6) is 0.490. The molecule has 0 aliphatic heterocycles. The summed E-state index contributed by atoms with van der Waals surface area (Å²) in [5, 5.41) is 12.9. The maximum Gasteiger partial charge on any atom is 0.255 e. The molecule has 1 fully saturated rings. The van der Waals surface area contributed by atoms with Gasteiger partial charge in [0.15, 0.2) is 0 Å². The minimum atomic E-state index is -0.444. The largest absolute Gasteiger partial charge is 0.496 e. The van der Waals surface area contributed by atoms with Gasteiger partial charge >= 0.3 is 0 Å². The molecule has 2 N–H and O–H groups in total. The molecule has 0 spiro atoms. The van der Waals surface area contributed by atoms with Crippen LogP contribution in [0.2, 0.25) is 0 Å². The van der Waals surface area contributed by atoms with Crippen molar-refractivity contribution in [1.29, 1.82) is 0 Å². The van der Waals surface area contributed by atoms with Crippen molar-refractivity contribution in [3.8, 4) is 5.75 Å². The van der Waals surface area contributed by atoms with Crippen LogP contribution >= 0.6 is 11.3 Å². The summed E-state index contributed by atoms with van der Waals surface area (Å²) in [4.78, 5) is 14.9. The Kier molecular flexibility index (Phi) is 5.45. The Bertz CT molecular complexity index is 732. The van der Waals surface area contributed by atoms with Gasteiger partial charge in [-0.3, -0.25) is 4.79 Å². The quantitative estimate of drug-likeness (QED) is 0.818. The van der Waals surface area contributed by atoms with Crippen molar-refractivity contribution < 1.29 is 14.6 Å². The molecule has 1 aliphatic carbocycles. The first-order valence-electron chi connectivity index (χ1n) is 8.75. The molecule has 1 aliphatic rings. The second-order valence-electron chi connectivity index (χ2n) is 6.75. The topological polar surface area (TPSA) is 58.6 Å². The van der Waals surface area contributed by atoms with Crippen molar-refractivity contribution in [3.05, 3.63) is 51.7 Å². The first-order valence-corrected chi connectivity index (χ1v) is 9.57. The zero-order valence-electron chi connectivity index (χ0n) is 14.7. The van der Waals surface area contributed by atoms with E-state index in [2.05, 4.69) is 11.4 Å².